The van der Waals surface area contributed by atoms with Crippen LogP contribution in [0, 0.1) is 0 Å². The average Bonchev–Trinajstić information content (AvgIpc) is 2.66. The summed E-state index contributed by atoms with van der Waals surface area (Å²) in [4.78, 5) is 24.7. The number of hydrogen-bond donors (Lipinski definition) is 2. The van der Waals surface area contributed by atoms with Crippen LogP contribution in [0.1, 0.15) is 52.2 Å². The predicted octanol–water partition coefficient (Wildman–Crippen LogP) is 2.01. The molecule has 1 aliphatic rings. The molecule has 19 heavy (non-hydrogen) atoms. The van der Waals surface area contributed by atoms with Gasteiger partial charge in [0.05, 0.1) is 4.88 Å². The molecule has 1 aromatic heterocycles. The monoisotopic (exact) mass is 280 g/mol. The first-order chi connectivity index (χ1) is 9.16. The molecule has 2 amide bonds. The lowest BCUT2D eigenvalue weighted by atomic mass is 10.1. The molecule has 0 spiro atoms. The Morgan fingerprint density at radius 1 is 1.26 bits per heavy atom. The van der Waals surface area contributed by atoms with Gasteiger partial charge in [-0.3, -0.25) is 9.59 Å². The van der Waals surface area contributed by atoms with Gasteiger partial charge in [0.15, 0.2) is 0 Å². The zero-order chi connectivity index (χ0) is 13.7. The molecular formula is C14H20N2O2S. The number of hydrogen-bond acceptors (Lipinski definition) is 3. The van der Waals surface area contributed by atoms with Crippen molar-refractivity contribution in [2.45, 2.75) is 44.9 Å². The molecule has 2 rings (SSSR count). The predicted molar refractivity (Wildman–Crippen MR) is 76.3 cm³/mol. The lowest BCUT2D eigenvalue weighted by Gasteiger charge is -2.02. The first-order valence-corrected chi connectivity index (χ1v) is 7.66. The maximum absolute atomic E-state index is 12.0. The molecule has 0 atom stereocenters. The van der Waals surface area contributed by atoms with E-state index >= 15 is 0 Å². The molecule has 4 nitrogen and oxygen atoms in total. The van der Waals surface area contributed by atoms with E-state index < -0.39 is 0 Å². The molecule has 0 aromatic carbocycles. The van der Waals surface area contributed by atoms with Crippen molar-refractivity contribution < 1.29 is 9.59 Å². The molecule has 0 fully saturated rings. The van der Waals surface area contributed by atoms with Crippen LogP contribution >= 0.6 is 11.3 Å². The molecule has 0 bridgehead atoms. The number of nitrogens with one attached hydrogen (secondary N) is 1. The van der Waals surface area contributed by atoms with Crippen molar-refractivity contribution in [1.29, 1.82) is 0 Å². The van der Waals surface area contributed by atoms with Crippen molar-refractivity contribution in [3.05, 3.63) is 21.4 Å². The first kappa shape index (κ1) is 14.1. The Kier molecular flexibility index (Phi) is 4.96. The lowest BCUT2D eigenvalue weighted by Crippen LogP contribution is -2.24. The summed E-state index contributed by atoms with van der Waals surface area (Å²) < 4.78 is 0. The highest BCUT2D eigenvalue weighted by Gasteiger charge is 2.16. The smallest absolute Gasteiger partial charge is 0.261 e. The minimum atomic E-state index is -0.322. The Morgan fingerprint density at radius 2 is 2.05 bits per heavy atom. The van der Waals surface area contributed by atoms with E-state index in [-0.39, 0.29) is 11.8 Å². The summed E-state index contributed by atoms with van der Waals surface area (Å²) in [5, 5.41) is 2.84. The van der Waals surface area contributed by atoms with Gasteiger partial charge in [-0.05, 0) is 43.7 Å². The standard InChI is InChI=1S/C14H20N2O2S/c15-13(17)7-4-8-16-14(18)12-9-10-5-2-1-3-6-11(10)19-12/h9H,1-8H2,(H2,15,17)(H,16,18). The van der Waals surface area contributed by atoms with Crippen LogP contribution in [0.3, 0.4) is 0 Å². The normalized spacial score (nSPS) is 14.5. The fourth-order valence-corrected chi connectivity index (χ4v) is 3.50. The highest BCUT2D eigenvalue weighted by atomic mass is 32.1. The molecular weight excluding hydrogens is 260 g/mol. The molecule has 0 radical (unpaired) electrons. The van der Waals surface area contributed by atoms with Gasteiger partial charge in [-0.15, -0.1) is 11.3 Å². The minimum absolute atomic E-state index is 0.0254. The Hall–Kier alpha value is -1.36. The third-order valence-corrected chi connectivity index (χ3v) is 4.59. The van der Waals surface area contributed by atoms with Crippen LogP contribution in [0.5, 0.6) is 0 Å². The fourth-order valence-electron chi connectivity index (χ4n) is 2.33. The van der Waals surface area contributed by atoms with Crippen LogP contribution in [0.2, 0.25) is 0 Å². The van der Waals surface area contributed by atoms with Gasteiger partial charge in [-0.2, -0.15) is 0 Å². The largest absolute Gasteiger partial charge is 0.370 e. The van der Waals surface area contributed by atoms with Gasteiger partial charge in [-0.25, -0.2) is 0 Å². The maximum atomic E-state index is 12.0. The summed E-state index contributed by atoms with van der Waals surface area (Å²) in [5.74, 6) is -0.348. The summed E-state index contributed by atoms with van der Waals surface area (Å²) in [5.41, 5.74) is 6.40. The summed E-state index contributed by atoms with van der Waals surface area (Å²) in [6.45, 7) is 0.504. The van der Waals surface area contributed by atoms with Gasteiger partial charge in [0.25, 0.3) is 5.91 Å². The van der Waals surface area contributed by atoms with Crippen molar-refractivity contribution >= 4 is 23.2 Å². The number of thiophene rings is 1. The number of rotatable bonds is 5. The van der Waals surface area contributed by atoms with Gasteiger partial charge in [0.1, 0.15) is 0 Å². The maximum Gasteiger partial charge on any atom is 0.261 e. The molecule has 0 saturated heterocycles. The van der Waals surface area contributed by atoms with Crippen LogP contribution in [-0.4, -0.2) is 18.4 Å². The number of aryl methyl sites for hydroxylation is 2. The van der Waals surface area contributed by atoms with E-state index in [1.165, 1.54) is 29.7 Å². The molecule has 5 heteroatoms. The summed E-state index contributed by atoms with van der Waals surface area (Å²) >= 11 is 1.62. The number of amides is 2. The van der Waals surface area contributed by atoms with Crippen LogP contribution in [0.25, 0.3) is 0 Å². The Balaban J connectivity index is 1.87. The number of fused-ring (bicyclic) bond motifs is 1. The molecule has 1 aromatic rings. The van der Waals surface area contributed by atoms with Crippen LogP contribution in [0.15, 0.2) is 6.07 Å². The Morgan fingerprint density at radius 3 is 2.84 bits per heavy atom. The molecule has 0 saturated carbocycles. The molecule has 1 heterocycles. The summed E-state index contributed by atoms with van der Waals surface area (Å²) in [6.07, 6.45) is 6.87. The molecule has 3 N–H and O–H groups in total. The van der Waals surface area contributed by atoms with E-state index in [0.29, 0.717) is 19.4 Å². The second-order valence-electron chi connectivity index (χ2n) is 4.95. The molecule has 0 aliphatic heterocycles. The quantitative estimate of drug-likeness (QED) is 0.639. The van der Waals surface area contributed by atoms with Crippen molar-refractivity contribution in [2.24, 2.45) is 5.73 Å². The number of primary amides is 1. The minimum Gasteiger partial charge on any atom is -0.370 e. The van der Waals surface area contributed by atoms with E-state index in [9.17, 15) is 9.59 Å². The first-order valence-electron chi connectivity index (χ1n) is 6.85. The zero-order valence-corrected chi connectivity index (χ0v) is 11.9. The second-order valence-corrected chi connectivity index (χ2v) is 6.08. The second kappa shape index (κ2) is 6.70. The van der Waals surface area contributed by atoms with Crippen LogP contribution in [0.4, 0.5) is 0 Å². The van der Waals surface area contributed by atoms with Crippen LogP contribution < -0.4 is 11.1 Å². The third kappa shape index (κ3) is 4.06. The van der Waals surface area contributed by atoms with Crippen molar-refractivity contribution in [1.82, 2.24) is 5.32 Å². The Labute approximate surface area is 117 Å². The fraction of sp³-hybridized carbons (Fsp3) is 0.571. The topological polar surface area (TPSA) is 72.2 Å². The van der Waals surface area contributed by atoms with Crippen molar-refractivity contribution in [3.8, 4) is 0 Å². The van der Waals surface area contributed by atoms with Gasteiger partial charge < -0.3 is 11.1 Å². The van der Waals surface area contributed by atoms with Gasteiger partial charge in [0.2, 0.25) is 5.91 Å². The number of carbonyl (C=O) groups is 2. The lowest BCUT2D eigenvalue weighted by molar-refractivity contribution is -0.118. The van der Waals surface area contributed by atoms with Crippen molar-refractivity contribution in [2.75, 3.05) is 6.54 Å². The van der Waals surface area contributed by atoms with E-state index in [1.807, 2.05) is 6.07 Å². The third-order valence-electron chi connectivity index (χ3n) is 3.36. The highest BCUT2D eigenvalue weighted by Crippen LogP contribution is 2.28. The molecule has 1 aliphatic carbocycles. The van der Waals surface area contributed by atoms with E-state index in [2.05, 4.69) is 5.32 Å². The SMILES string of the molecule is NC(=O)CCCNC(=O)c1cc2c(s1)CCCCC2. The summed E-state index contributed by atoms with van der Waals surface area (Å²) in [7, 11) is 0. The summed E-state index contributed by atoms with van der Waals surface area (Å²) in [6, 6.07) is 2.04. The van der Waals surface area contributed by atoms with Crippen LogP contribution in [-0.2, 0) is 17.6 Å². The number of carbonyl (C=O) groups excluding carboxylic acids is 2. The van der Waals surface area contributed by atoms with Gasteiger partial charge in [-0.1, -0.05) is 6.42 Å². The van der Waals surface area contributed by atoms with E-state index in [4.69, 9.17) is 5.73 Å². The van der Waals surface area contributed by atoms with Gasteiger partial charge >= 0.3 is 0 Å². The highest BCUT2D eigenvalue weighted by molar-refractivity contribution is 7.14. The van der Waals surface area contributed by atoms with Crippen molar-refractivity contribution in [3.63, 3.8) is 0 Å². The zero-order valence-electron chi connectivity index (χ0n) is 11.0. The number of nitrogens with two attached hydrogens (primary N) is 1. The average molecular weight is 280 g/mol. The Bertz CT molecular complexity index is 445. The van der Waals surface area contributed by atoms with E-state index in [1.54, 1.807) is 11.3 Å². The molecule has 104 valence electrons. The van der Waals surface area contributed by atoms with E-state index in [0.717, 1.165) is 17.7 Å². The molecule has 0 unspecified atom stereocenters. The van der Waals surface area contributed by atoms with Gasteiger partial charge in [0, 0.05) is 17.8 Å².